The standard InChI is InChI=1S/C23H36N6O.HI/c1-6-25-23(28-13-11-18(2)22(16-28)29-14-12-24-17-29)26-15-21(27(3)4)19-7-9-20(30-5)10-8-19;/h7-10,12,14,17-18,21-22H,6,11,13,15-16H2,1-5H3,(H,25,26);1H. The van der Waals surface area contributed by atoms with E-state index in [-0.39, 0.29) is 30.0 Å². The van der Waals surface area contributed by atoms with E-state index < -0.39 is 0 Å². The lowest BCUT2D eigenvalue weighted by molar-refractivity contribution is 0.188. The van der Waals surface area contributed by atoms with Crippen LogP contribution in [0.2, 0.25) is 0 Å². The molecule has 2 heterocycles. The van der Waals surface area contributed by atoms with Gasteiger partial charge in [0.15, 0.2) is 5.96 Å². The van der Waals surface area contributed by atoms with Crippen LogP contribution < -0.4 is 10.1 Å². The van der Waals surface area contributed by atoms with Gasteiger partial charge in [-0.1, -0.05) is 19.1 Å². The van der Waals surface area contributed by atoms with Crippen molar-refractivity contribution >= 4 is 29.9 Å². The number of benzene rings is 1. The lowest BCUT2D eigenvalue weighted by Crippen LogP contribution is -2.49. The van der Waals surface area contributed by atoms with Gasteiger partial charge in [-0.05, 0) is 51.1 Å². The number of nitrogens with zero attached hydrogens (tertiary/aromatic N) is 5. The van der Waals surface area contributed by atoms with Gasteiger partial charge in [0.05, 0.1) is 32.1 Å². The molecular formula is C23H37IN6O. The number of rotatable bonds is 7. The number of likely N-dealkylation sites (N-methyl/N-ethyl adjacent to an activating group) is 1. The number of halogens is 1. The minimum absolute atomic E-state index is 0. The summed E-state index contributed by atoms with van der Waals surface area (Å²) in [4.78, 5) is 13.9. The minimum Gasteiger partial charge on any atom is -0.497 e. The summed E-state index contributed by atoms with van der Waals surface area (Å²) >= 11 is 0. The molecule has 3 unspecified atom stereocenters. The first-order valence-corrected chi connectivity index (χ1v) is 10.8. The van der Waals surface area contributed by atoms with E-state index >= 15 is 0 Å². The first kappa shape index (κ1) is 25.5. The summed E-state index contributed by atoms with van der Waals surface area (Å²) in [6, 6.07) is 8.91. The number of guanidine groups is 1. The fourth-order valence-electron chi connectivity index (χ4n) is 4.09. The molecule has 31 heavy (non-hydrogen) atoms. The summed E-state index contributed by atoms with van der Waals surface area (Å²) in [5, 5.41) is 3.51. The van der Waals surface area contributed by atoms with E-state index in [2.05, 4.69) is 70.9 Å². The van der Waals surface area contributed by atoms with Gasteiger partial charge in [0, 0.05) is 32.0 Å². The molecule has 1 aliphatic heterocycles. The number of ether oxygens (including phenoxy) is 1. The Labute approximate surface area is 203 Å². The van der Waals surface area contributed by atoms with Gasteiger partial charge in [0.2, 0.25) is 0 Å². The molecule has 1 N–H and O–H groups in total. The molecule has 3 rings (SSSR count). The first-order chi connectivity index (χ1) is 14.5. The van der Waals surface area contributed by atoms with Gasteiger partial charge in [0.25, 0.3) is 0 Å². The van der Waals surface area contributed by atoms with Gasteiger partial charge in [-0.25, -0.2) is 4.98 Å². The van der Waals surface area contributed by atoms with Crippen LogP contribution in [0.4, 0.5) is 0 Å². The van der Waals surface area contributed by atoms with Gasteiger partial charge < -0.3 is 24.4 Å². The zero-order valence-electron chi connectivity index (χ0n) is 19.4. The van der Waals surface area contributed by atoms with E-state index in [9.17, 15) is 0 Å². The molecular weight excluding hydrogens is 503 g/mol. The molecule has 3 atom stereocenters. The van der Waals surface area contributed by atoms with E-state index in [4.69, 9.17) is 9.73 Å². The van der Waals surface area contributed by atoms with Crippen LogP contribution in [0.3, 0.4) is 0 Å². The van der Waals surface area contributed by atoms with Gasteiger partial charge in [0.1, 0.15) is 5.75 Å². The topological polar surface area (TPSA) is 57.9 Å². The van der Waals surface area contributed by atoms with E-state index in [1.807, 2.05) is 24.7 Å². The van der Waals surface area contributed by atoms with Crippen molar-refractivity contribution in [3.63, 3.8) is 0 Å². The highest BCUT2D eigenvalue weighted by Gasteiger charge is 2.29. The maximum absolute atomic E-state index is 5.30. The Balaban J connectivity index is 0.00000341. The predicted octanol–water partition coefficient (Wildman–Crippen LogP) is 3.66. The molecule has 1 aromatic carbocycles. The Kier molecular flexibility index (Phi) is 10.1. The summed E-state index contributed by atoms with van der Waals surface area (Å²) < 4.78 is 7.54. The van der Waals surface area contributed by atoms with Gasteiger partial charge in [-0.15, -0.1) is 24.0 Å². The van der Waals surface area contributed by atoms with Gasteiger partial charge in [-0.3, -0.25) is 4.99 Å². The molecule has 7 nitrogen and oxygen atoms in total. The molecule has 0 amide bonds. The van der Waals surface area contributed by atoms with Crippen molar-refractivity contribution in [3.8, 4) is 5.75 Å². The highest BCUT2D eigenvalue weighted by atomic mass is 127. The van der Waals surface area contributed by atoms with E-state index in [0.29, 0.717) is 18.5 Å². The second-order valence-electron chi connectivity index (χ2n) is 8.24. The molecule has 0 radical (unpaired) electrons. The molecule has 1 saturated heterocycles. The zero-order valence-corrected chi connectivity index (χ0v) is 21.7. The number of hydrogen-bond donors (Lipinski definition) is 1. The van der Waals surface area contributed by atoms with Crippen LogP contribution in [0.15, 0.2) is 48.0 Å². The summed E-state index contributed by atoms with van der Waals surface area (Å²) in [6.07, 6.45) is 7.01. The summed E-state index contributed by atoms with van der Waals surface area (Å²) in [7, 11) is 5.91. The number of piperidine rings is 1. The van der Waals surface area contributed by atoms with Crippen LogP contribution in [0.5, 0.6) is 5.75 Å². The van der Waals surface area contributed by atoms with Crippen LogP contribution in [0.25, 0.3) is 0 Å². The van der Waals surface area contributed by atoms with Gasteiger partial charge >= 0.3 is 0 Å². The Hall–Kier alpha value is -1.81. The van der Waals surface area contributed by atoms with Crippen LogP contribution in [-0.2, 0) is 0 Å². The van der Waals surface area contributed by atoms with Crippen molar-refractivity contribution in [1.82, 2.24) is 24.7 Å². The second-order valence-corrected chi connectivity index (χ2v) is 8.24. The van der Waals surface area contributed by atoms with Crippen molar-refractivity contribution in [1.29, 1.82) is 0 Å². The third-order valence-electron chi connectivity index (χ3n) is 6.00. The van der Waals surface area contributed by atoms with Crippen molar-refractivity contribution in [3.05, 3.63) is 48.5 Å². The fourth-order valence-corrected chi connectivity index (χ4v) is 4.09. The van der Waals surface area contributed by atoms with Crippen molar-refractivity contribution in [2.24, 2.45) is 10.9 Å². The number of aromatic nitrogens is 2. The summed E-state index contributed by atoms with van der Waals surface area (Å²) in [6.45, 7) is 7.98. The zero-order chi connectivity index (χ0) is 21.5. The van der Waals surface area contributed by atoms with Gasteiger partial charge in [-0.2, -0.15) is 0 Å². The average molecular weight is 540 g/mol. The number of likely N-dealkylation sites (tertiary alicyclic amines) is 1. The molecule has 1 aliphatic rings. The molecule has 8 heteroatoms. The Bertz CT molecular complexity index is 793. The highest BCUT2D eigenvalue weighted by molar-refractivity contribution is 14.0. The monoisotopic (exact) mass is 540 g/mol. The lowest BCUT2D eigenvalue weighted by Gasteiger charge is -2.39. The summed E-state index contributed by atoms with van der Waals surface area (Å²) in [5.74, 6) is 2.49. The number of imidazole rings is 1. The minimum atomic E-state index is 0. The molecule has 2 aromatic rings. The van der Waals surface area contributed by atoms with E-state index in [0.717, 1.165) is 37.8 Å². The molecule has 0 spiro atoms. The van der Waals surface area contributed by atoms with Crippen LogP contribution >= 0.6 is 24.0 Å². The third kappa shape index (κ3) is 6.58. The van der Waals surface area contributed by atoms with Crippen LogP contribution in [0.1, 0.15) is 37.9 Å². The average Bonchev–Trinajstić information content (AvgIpc) is 3.28. The Morgan fingerprint density at radius 2 is 2.06 bits per heavy atom. The highest BCUT2D eigenvalue weighted by Crippen LogP contribution is 2.28. The summed E-state index contributed by atoms with van der Waals surface area (Å²) in [5.41, 5.74) is 1.24. The van der Waals surface area contributed by atoms with E-state index in [1.54, 1.807) is 7.11 Å². The largest absolute Gasteiger partial charge is 0.497 e. The second kappa shape index (κ2) is 12.3. The maximum Gasteiger partial charge on any atom is 0.194 e. The SMILES string of the molecule is CCNC(=NCC(c1ccc(OC)cc1)N(C)C)N1CCC(C)C(n2ccnc2)C1.I. The van der Waals surface area contributed by atoms with E-state index in [1.165, 1.54) is 5.56 Å². The quantitative estimate of drug-likeness (QED) is 0.330. The molecule has 1 aromatic heterocycles. The molecule has 1 fully saturated rings. The molecule has 0 aliphatic carbocycles. The number of hydrogen-bond acceptors (Lipinski definition) is 4. The van der Waals surface area contributed by atoms with Crippen molar-refractivity contribution in [2.45, 2.75) is 32.4 Å². The molecule has 0 saturated carbocycles. The maximum atomic E-state index is 5.30. The Morgan fingerprint density at radius 3 is 2.65 bits per heavy atom. The van der Waals surface area contributed by atoms with Crippen molar-refractivity contribution in [2.75, 3.05) is 47.4 Å². The molecule has 0 bridgehead atoms. The fraction of sp³-hybridized carbons (Fsp3) is 0.565. The lowest BCUT2D eigenvalue weighted by atomic mass is 9.93. The third-order valence-corrected chi connectivity index (χ3v) is 6.00. The van der Waals surface area contributed by atoms with Crippen LogP contribution in [-0.4, -0.2) is 72.7 Å². The van der Waals surface area contributed by atoms with Crippen molar-refractivity contribution < 1.29 is 4.74 Å². The molecule has 172 valence electrons. The first-order valence-electron chi connectivity index (χ1n) is 10.8. The normalized spacial score (nSPS) is 20.3. The predicted molar refractivity (Wildman–Crippen MR) is 137 cm³/mol. The Morgan fingerprint density at radius 1 is 1.32 bits per heavy atom. The smallest absolute Gasteiger partial charge is 0.194 e. The van der Waals surface area contributed by atoms with Crippen LogP contribution in [0, 0.1) is 5.92 Å². The number of aliphatic imine (C=N–C) groups is 1. The number of methoxy groups -OCH3 is 1. The number of nitrogens with one attached hydrogen (secondary N) is 1.